The summed E-state index contributed by atoms with van der Waals surface area (Å²) in [5.41, 5.74) is 2.54. The molecule has 1 amide bonds. The zero-order valence-corrected chi connectivity index (χ0v) is 11.8. The third kappa shape index (κ3) is 2.72. The van der Waals surface area contributed by atoms with Crippen LogP contribution in [0, 0.1) is 0 Å². The fourth-order valence-corrected chi connectivity index (χ4v) is 2.27. The van der Waals surface area contributed by atoms with Gasteiger partial charge in [-0.25, -0.2) is 0 Å². The van der Waals surface area contributed by atoms with E-state index < -0.39 is 0 Å². The molecule has 104 valence electrons. The Bertz CT molecular complexity index is 733. The van der Waals surface area contributed by atoms with Crippen molar-refractivity contribution in [1.29, 1.82) is 0 Å². The minimum Gasteiger partial charge on any atom is -0.324 e. The summed E-state index contributed by atoms with van der Waals surface area (Å²) < 4.78 is 1.99. The molecule has 0 radical (unpaired) electrons. The maximum absolute atomic E-state index is 12.6. The molecule has 0 atom stereocenters. The van der Waals surface area contributed by atoms with Crippen molar-refractivity contribution >= 4 is 11.6 Å². The third-order valence-electron chi connectivity index (χ3n) is 3.44. The van der Waals surface area contributed by atoms with Crippen molar-refractivity contribution in [1.82, 2.24) is 4.57 Å². The average molecular weight is 276 g/mol. The Labute approximate surface area is 124 Å². The molecule has 3 heteroatoms. The summed E-state index contributed by atoms with van der Waals surface area (Å²) in [5.74, 6) is -0.0183. The van der Waals surface area contributed by atoms with Crippen molar-refractivity contribution in [2.45, 2.75) is 0 Å². The minimum absolute atomic E-state index is 0.0183. The van der Waals surface area contributed by atoms with Gasteiger partial charge in [0.2, 0.25) is 0 Å². The Balaban J connectivity index is 1.90. The molecule has 2 aromatic carbocycles. The van der Waals surface area contributed by atoms with Crippen molar-refractivity contribution in [2.75, 3.05) is 11.9 Å². The van der Waals surface area contributed by atoms with Crippen LogP contribution in [0.15, 0.2) is 79.1 Å². The van der Waals surface area contributed by atoms with Gasteiger partial charge in [0.05, 0.1) is 0 Å². The molecule has 0 aliphatic carbocycles. The molecule has 0 aliphatic rings. The molecule has 1 aromatic heterocycles. The highest BCUT2D eigenvalue weighted by molar-refractivity contribution is 6.06. The molecule has 0 spiro atoms. The molecular weight excluding hydrogens is 260 g/mol. The van der Waals surface area contributed by atoms with Gasteiger partial charge in [0, 0.05) is 36.4 Å². The van der Waals surface area contributed by atoms with E-state index in [1.807, 2.05) is 83.7 Å². The smallest absolute Gasteiger partial charge is 0.258 e. The number of anilines is 1. The lowest BCUT2D eigenvalue weighted by atomic mass is 10.1. The SMILES string of the molecule is CN(C(=O)c1cccc(-n2cccc2)c1)c1ccccc1. The van der Waals surface area contributed by atoms with E-state index in [0.717, 1.165) is 11.4 Å². The van der Waals surface area contributed by atoms with Crippen LogP contribution in [0.25, 0.3) is 5.69 Å². The first-order chi connectivity index (χ1) is 10.3. The fourth-order valence-electron chi connectivity index (χ4n) is 2.27. The van der Waals surface area contributed by atoms with E-state index in [-0.39, 0.29) is 5.91 Å². The molecule has 3 nitrogen and oxygen atoms in total. The summed E-state index contributed by atoms with van der Waals surface area (Å²) in [6, 6.07) is 21.2. The van der Waals surface area contributed by atoms with Gasteiger partial charge in [0.25, 0.3) is 5.91 Å². The number of hydrogen-bond acceptors (Lipinski definition) is 1. The van der Waals surface area contributed by atoms with Crippen LogP contribution in [-0.2, 0) is 0 Å². The summed E-state index contributed by atoms with van der Waals surface area (Å²) in [6.45, 7) is 0. The number of hydrogen-bond donors (Lipinski definition) is 0. The van der Waals surface area contributed by atoms with Gasteiger partial charge in [0.1, 0.15) is 0 Å². The van der Waals surface area contributed by atoms with Gasteiger partial charge in [0.15, 0.2) is 0 Å². The van der Waals surface area contributed by atoms with Gasteiger partial charge in [-0.1, -0.05) is 24.3 Å². The zero-order chi connectivity index (χ0) is 14.7. The van der Waals surface area contributed by atoms with Gasteiger partial charge in [-0.2, -0.15) is 0 Å². The van der Waals surface area contributed by atoms with Gasteiger partial charge in [-0.3, -0.25) is 4.79 Å². The Hall–Kier alpha value is -2.81. The van der Waals surface area contributed by atoms with Crippen LogP contribution in [0.5, 0.6) is 0 Å². The first-order valence-electron chi connectivity index (χ1n) is 6.82. The monoisotopic (exact) mass is 276 g/mol. The third-order valence-corrected chi connectivity index (χ3v) is 3.44. The highest BCUT2D eigenvalue weighted by atomic mass is 16.2. The molecule has 0 saturated heterocycles. The highest BCUT2D eigenvalue weighted by Gasteiger charge is 2.13. The van der Waals surface area contributed by atoms with Crippen molar-refractivity contribution in [3.63, 3.8) is 0 Å². The topological polar surface area (TPSA) is 25.2 Å². The summed E-state index contributed by atoms with van der Waals surface area (Å²) in [7, 11) is 1.79. The molecule has 3 aromatic rings. The normalized spacial score (nSPS) is 10.3. The number of amides is 1. The van der Waals surface area contributed by atoms with Crippen LogP contribution in [0.1, 0.15) is 10.4 Å². The van der Waals surface area contributed by atoms with Gasteiger partial charge < -0.3 is 9.47 Å². The van der Waals surface area contributed by atoms with E-state index in [2.05, 4.69) is 0 Å². The Morgan fingerprint density at radius 3 is 2.33 bits per heavy atom. The fraction of sp³-hybridized carbons (Fsp3) is 0.0556. The van der Waals surface area contributed by atoms with Crippen LogP contribution in [0.3, 0.4) is 0 Å². The molecule has 0 saturated carbocycles. The Kier molecular flexibility index (Phi) is 3.56. The lowest BCUT2D eigenvalue weighted by Crippen LogP contribution is -2.26. The second kappa shape index (κ2) is 5.67. The number of carbonyl (C=O) groups excluding carboxylic acids is 1. The van der Waals surface area contributed by atoms with E-state index in [0.29, 0.717) is 5.56 Å². The Morgan fingerprint density at radius 2 is 1.62 bits per heavy atom. The van der Waals surface area contributed by atoms with Crippen molar-refractivity contribution < 1.29 is 4.79 Å². The number of carbonyl (C=O) groups is 1. The van der Waals surface area contributed by atoms with Crippen LogP contribution in [-0.4, -0.2) is 17.5 Å². The first kappa shape index (κ1) is 13.2. The molecule has 0 fully saturated rings. The van der Waals surface area contributed by atoms with Crippen LogP contribution < -0.4 is 4.90 Å². The van der Waals surface area contributed by atoms with Crippen molar-refractivity contribution in [2.24, 2.45) is 0 Å². The molecule has 0 bridgehead atoms. The average Bonchev–Trinajstić information content (AvgIpc) is 3.09. The largest absolute Gasteiger partial charge is 0.324 e. The van der Waals surface area contributed by atoms with Crippen molar-refractivity contribution in [3.05, 3.63) is 84.7 Å². The van der Waals surface area contributed by atoms with E-state index in [9.17, 15) is 4.79 Å². The van der Waals surface area contributed by atoms with Gasteiger partial charge >= 0.3 is 0 Å². The number of rotatable bonds is 3. The van der Waals surface area contributed by atoms with Crippen molar-refractivity contribution in [3.8, 4) is 5.69 Å². The molecule has 21 heavy (non-hydrogen) atoms. The molecule has 0 N–H and O–H groups in total. The van der Waals surface area contributed by atoms with Crippen LogP contribution in [0.2, 0.25) is 0 Å². The second-order valence-electron chi connectivity index (χ2n) is 4.84. The van der Waals surface area contributed by atoms with E-state index >= 15 is 0 Å². The van der Waals surface area contributed by atoms with E-state index in [1.54, 1.807) is 11.9 Å². The predicted molar refractivity (Wildman–Crippen MR) is 84.9 cm³/mol. The molecular formula is C18H16N2O. The predicted octanol–water partition coefficient (Wildman–Crippen LogP) is 3.75. The molecule has 0 unspecified atom stereocenters. The number of para-hydroxylation sites is 1. The van der Waals surface area contributed by atoms with E-state index in [4.69, 9.17) is 0 Å². The molecule has 3 rings (SSSR count). The quantitative estimate of drug-likeness (QED) is 0.715. The summed E-state index contributed by atoms with van der Waals surface area (Å²) in [4.78, 5) is 14.2. The lowest BCUT2D eigenvalue weighted by molar-refractivity contribution is 0.0993. The number of aromatic nitrogens is 1. The Morgan fingerprint density at radius 1 is 0.905 bits per heavy atom. The zero-order valence-electron chi connectivity index (χ0n) is 11.8. The summed E-state index contributed by atoms with van der Waals surface area (Å²) in [6.07, 6.45) is 3.93. The maximum Gasteiger partial charge on any atom is 0.258 e. The minimum atomic E-state index is -0.0183. The lowest BCUT2D eigenvalue weighted by Gasteiger charge is -2.17. The van der Waals surface area contributed by atoms with Gasteiger partial charge in [-0.05, 0) is 42.5 Å². The molecule has 1 heterocycles. The first-order valence-corrected chi connectivity index (χ1v) is 6.82. The number of nitrogens with zero attached hydrogens (tertiary/aromatic N) is 2. The van der Waals surface area contributed by atoms with Crippen LogP contribution in [0.4, 0.5) is 5.69 Å². The molecule has 0 aliphatic heterocycles. The maximum atomic E-state index is 12.6. The van der Waals surface area contributed by atoms with Crippen LogP contribution >= 0.6 is 0 Å². The van der Waals surface area contributed by atoms with Gasteiger partial charge in [-0.15, -0.1) is 0 Å². The number of benzene rings is 2. The van der Waals surface area contributed by atoms with E-state index in [1.165, 1.54) is 0 Å². The standard InChI is InChI=1S/C18H16N2O/c1-19(16-9-3-2-4-10-16)18(21)15-8-7-11-17(14-15)20-12-5-6-13-20/h2-14H,1H3. The second-order valence-corrected chi connectivity index (χ2v) is 4.84. The summed E-state index contributed by atoms with van der Waals surface area (Å²) in [5, 5.41) is 0. The highest BCUT2D eigenvalue weighted by Crippen LogP contribution is 2.17. The summed E-state index contributed by atoms with van der Waals surface area (Å²) >= 11 is 0.